The molecule has 3 rings (SSSR count). The second-order valence-electron chi connectivity index (χ2n) is 5.76. The van der Waals surface area contributed by atoms with Crippen molar-refractivity contribution >= 4 is 0 Å². The van der Waals surface area contributed by atoms with Gasteiger partial charge in [-0.1, -0.05) is 19.4 Å². The highest BCUT2D eigenvalue weighted by Crippen LogP contribution is 2.38. The summed E-state index contributed by atoms with van der Waals surface area (Å²) in [5.74, 6) is 0.516. The molecule has 4 nitrogen and oxygen atoms in total. The van der Waals surface area contributed by atoms with Gasteiger partial charge in [-0.05, 0) is 42.4 Å². The van der Waals surface area contributed by atoms with Gasteiger partial charge in [0.1, 0.15) is 0 Å². The van der Waals surface area contributed by atoms with Crippen molar-refractivity contribution in [1.29, 1.82) is 0 Å². The summed E-state index contributed by atoms with van der Waals surface area (Å²) < 4.78 is 0. The highest BCUT2D eigenvalue weighted by atomic mass is 16.6. The summed E-state index contributed by atoms with van der Waals surface area (Å²) in [6.07, 6.45) is 14.5. The molecular formula is C16H20N2O2. The minimum atomic E-state index is -0.266. The third kappa shape index (κ3) is 2.30. The zero-order valence-electron chi connectivity index (χ0n) is 11.8. The van der Waals surface area contributed by atoms with Crippen molar-refractivity contribution in [2.75, 3.05) is 6.54 Å². The fourth-order valence-corrected chi connectivity index (χ4v) is 3.08. The summed E-state index contributed by atoms with van der Waals surface area (Å²) in [4.78, 5) is 13.2. The largest absolute Gasteiger partial charge is 0.367 e. The van der Waals surface area contributed by atoms with Gasteiger partial charge in [0.2, 0.25) is 0 Å². The highest BCUT2D eigenvalue weighted by Gasteiger charge is 2.30. The first-order valence-electron chi connectivity index (χ1n) is 7.42. The molecule has 0 N–H and O–H groups in total. The molecule has 2 aliphatic carbocycles. The molecule has 20 heavy (non-hydrogen) atoms. The van der Waals surface area contributed by atoms with Crippen LogP contribution in [0.4, 0.5) is 0 Å². The molecular weight excluding hydrogens is 252 g/mol. The van der Waals surface area contributed by atoms with Crippen LogP contribution in [0.5, 0.6) is 0 Å². The number of nitrogens with zero attached hydrogens (tertiary/aromatic N) is 2. The van der Waals surface area contributed by atoms with Crippen LogP contribution in [0.15, 0.2) is 47.3 Å². The van der Waals surface area contributed by atoms with Crippen molar-refractivity contribution in [3.63, 3.8) is 0 Å². The van der Waals surface area contributed by atoms with Gasteiger partial charge in [0.05, 0.1) is 11.0 Å². The highest BCUT2D eigenvalue weighted by molar-refractivity contribution is 5.46. The maximum absolute atomic E-state index is 11.2. The van der Waals surface area contributed by atoms with Crippen molar-refractivity contribution < 1.29 is 4.92 Å². The molecule has 1 unspecified atom stereocenters. The number of hydrogen-bond acceptors (Lipinski definition) is 3. The number of allylic oxidation sites excluding steroid dienone is 3. The van der Waals surface area contributed by atoms with E-state index in [-0.39, 0.29) is 16.7 Å². The molecule has 0 amide bonds. The molecule has 1 atom stereocenters. The van der Waals surface area contributed by atoms with E-state index in [0.29, 0.717) is 5.92 Å². The molecule has 4 heteroatoms. The zero-order valence-corrected chi connectivity index (χ0v) is 11.8. The van der Waals surface area contributed by atoms with Gasteiger partial charge in [0.25, 0.3) is 5.70 Å². The Bertz CT molecular complexity index is 539. The second-order valence-corrected chi connectivity index (χ2v) is 5.76. The predicted molar refractivity (Wildman–Crippen MR) is 78.5 cm³/mol. The van der Waals surface area contributed by atoms with E-state index in [0.717, 1.165) is 37.0 Å². The van der Waals surface area contributed by atoms with Crippen LogP contribution >= 0.6 is 0 Å². The van der Waals surface area contributed by atoms with Gasteiger partial charge in [-0.15, -0.1) is 0 Å². The first-order valence-corrected chi connectivity index (χ1v) is 7.42. The average molecular weight is 272 g/mol. The maximum atomic E-state index is 11.2. The Morgan fingerprint density at radius 1 is 1.35 bits per heavy atom. The quantitative estimate of drug-likeness (QED) is 0.582. The molecule has 0 spiro atoms. The molecule has 1 aliphatic heterocycles. The normalized spacial score (nSPS) is 25.4. The number of rotatable bonds is 4. The lowest BCUT2D eigenvalue weighted by Crippen LogP contribution is -2.28. The first kappa shape index (κ1) is 13.2. The standard InChI is InChI=1S/C16H20N2O2/c1-2-7-17-8-6-13-9-15(18(19)20)10-14(11-16(13)17)12-4-3-5-12/h6,8-12,16H,2-5,7H2,1H3. The molecule has 1 fully saturated rings. The summed E-state index contributed by atoms with van der Waals surface area (Å²) in [5, 5.41) is 11.2. The van der Waals surface area contributed by atoms with Gasteiger partial charge < -0.3 is 4.90 Å². The van der Waals surface area contributed by atoms with Crippen LogP contribution in [0.2, 0.25) is 0 Å². The fraction of sp³-hybridized carbons (Fsp3) is 0.500. The lowest BCUT2D eigenvalue weighted by atomic mass is 9.79. The van der Waals surface area contributed by atoms with Gasteiger partial charge in [0.15, 0.2) is 0 Å². The Labute approximate surface area is 119 Å². The van der Waals surface area contributed by atoms with Crippen LogP contribution in [-0.2, 0) is 0 Å². The summed E-state index contributed by atoms with van der Waals surface area (Å²) >= 11 is 0. The van der Waals surface area contributed by atoms with E-state index in [9.17, 15) is 10.1 Å². The van der Waals surface area contributed by atoms with Gasteiger partial charge in [-0.3, -0.25) is 10.1 Å². The van der Waals surface area contributed by atoms with E-state index < -0.39 is 0 Å². The van der Waals surface area contributed by atoms with Crippen molar-refractivity contribution in [2.24, 2.45) is 5.92 Å². The SMILES string of the molecule is CCCN1C=CC2=CC([N+](=O)[O-])=CC(C3CCC3)=CC21. The summed E-state index contributed by atoms with van der Waals surface area (Å²) in [6.45, 7) is 3.14. The van der Waals surface area contributed by atoms with Crippen LogP contribution in [0.3, 0.4) is 0 Å². The van der Waals surface area contributed by atoms with Gasteiger partial charge >= 0.3 is 0 Å². The minimum Gasteiger partial charge on any atom is -0.367 e. The molecule has 0 aromatic carbocycles. The van der Waals surface area contributed by atoms with Gasteiger partial charge in [0, 0.05) is 24.9 Å². The third-order valence-electron chi connectivity index (χ3n) is 4.41. The van der Waals surface area contributed by atoms with Crippen LogP contribution in [0.1, 0.15) is 32.6 Å². The minimum absolute atomic E-state index is 0.180. The van der Waals surface area contributed by atoms with E-state index in [2.05, 4.69) is 24.1 Å². The van der Waals surface area contributed by atoms with Gasteiger partial charge in [-0.2, -0.15) is 0 Å². The Morgan fingerprint density at radius 3 is 2.75 bits per heavy atom. The smallest absolute Gasteiger partial charge is 0.270 e. The molecule has 1 heterocycles. The summed E-state index contributed by atoms with van der Waals surface area (Å²) in [7, 11) is 0. The Hall–Kier alpha value is -1.84. The van der Waals surface area contributed by atoms with Crippen molar-refractivity contribution in [3.8, 4) is 0 Å². The van der Waals surface area contributed by atoms with Crippen LogP contribution in [0, 0.1) is 16.0 Å². The topological polar surface area (TPSA) is 46.4 Å². The van der Waals surface area contributed by atoms with Crippen LogP contribution in [0.25, 0.3) is 0 Å². The molecule has 0 saturated heterocycles. The van der Waals surface area contributed by atoms with Crippen LogP contribution < -0.4 is 0 Å². The zero-order chi connectivity index (χ0) is 14.1. The Morgan fingerprint density at radius 2 is 2.15 bits per heavy atom. The van der Waals surface area contributed by atoms with Crippen molar-refractivity contribution in [2.45, 2.75) is 38.6 Å². The fourth-order valence-electron chi connectivity index (χ4n) is 3.08. The molecule has 106 valence electrons. The molecule has 0 bridgehead atoms. The van der Waals surface area contributed by atoms with Crippen LogP contribution in [-0.4, -0.2) is 22.4 Å². The summed E-state index contributed by atoms with van der Waals surface area (Å²) in [5.41, 5.74) is 2.42. The molecule has 3 aliphatic rings. The van der Waals surface area contributed by atoms with E-state index >= 15 is 0 Å². The first-order chi connectivity index (χ1) is 9.69. The van der Waals surface area contributed by atoms with Gasteiger partial charge in [-0.25, -0.2) is 0 Å². The lowest BCUT2D eigenvalue weighted by molar-refractivity contribution is -0.419. The third-order valence-corrected chi connectivity index (χ3v) is 4.41. The second kappa shape index (κ2) is 5.27. The monoisotopic (exact) mass is 272 g/mol. The molecule has 1 saturated carbocycles. The van der Waals surface area contributed by atoms with Crippen molar-refractivity contribution in [1.82, 2.24) is 4.90 Å². The lowest BCUT2D eigenvalue weighted by Gasteiger charge is -2.29. The average Bonchev–Trinajstić information content (AvgIpc) is 2.60. The van der Waals surface area contributed by atoms with E-state index in [1.165, 1.54) is 6.42 Å². The molecule has 0 aromatic heterocycles. The van der Waals surface area contributed by atoms with E-state index in [1.54, 1.807) is 12.2 Å². The van der Waals surface area contributed by atoms with E-state index in [4.69, 9.17) is 0 Å². The number of fused-ring (bicyclic) bond motifs is 1. The number of nitro groups is 1. The predicted octanol–water partition coefficient (Wildman–Crippen LogP) is 3.42. The summed E-state index contributed by atoms with van der Waals surface area (Å²) in [6, 6.07) is 0.180. The Kier molecular flexibility index (Phi) is 3.47. The molecule has 0 radical (unpaired) electrons. The van der Waals surface area contributed by atoms with Crippen molar-refractivity contribution in [3.05, 3.63) is 57.5 Å². The Balaban J connectivity index is 1.96. The van der Waals surface area contributed by atoms with E-state index in [1.807, 2.05) is 6.08 Å². The maximum Gasteiger partial charge on any atom is 0.270 e. The number of hydrogen-bond donors (Lipinski definition) is 0. The molecule has 0 aromatic rings.